The van der Waals surface area contributed by atoms with E-state index in [1.54, 1.807) is 7.11 Å². The minimum atomic E-state index is -0.297. The van der Waals surface area contributed by atoms with Crippen molar-refractivity contribution < 1.29 is 4.74 Å². The molecule has 0 spiro atoms. The summed E-state index contributed by atoms with van der Waals surface area (Å²) < 4.78 is 7.22. The third-order valence-electron chi connectivity index (χ3n) is 6.56. The van der Waals surface area contributed by atoms with Gasteiger partial charge in [0.1, 0.15) is 11.8 Å². The molecule has 3 heterocycles. The van der Waals surface area contributed by atoms with Gasteiger partial charge in [0, 0.05) is 11.6 Å². The fourth-order valence-electron chi connectivity index (χ4n) is 4.33. The van der Waals surface area contributed by atoms with Crippen molar-refractivity contribution in [3.63, 3.8) is 0 Å². The van der Waals surface area contributed by atoms with Crippen LogP contribution in [-0.2, 0) is 5.54 Å². The number of tetrazole rings is 1. The van der Waals surface area contributed by atoms with Crippen molar-refractivity contribution in [3.8, 4) is 5.75 Å². The van der Waals surface area contributed by atoms with Crippen LogP contribution in [-0.4, -0.2) is 50.3 Å². The fourth-order valence-corrected chi connectivity index (χ4v) is 4.33. The lowest BCUT2D eigenvalue weighted by Gasteiger charge is -2.32. The first kappa shape index (κ1) is 21.5. The summed E-state index contributed by atoms with van der Waals surface area (Å²) in [6.45, 7) is 8.23. The summed E-state index contributed by atoms with van der Waals surface area (Å²) in [5.74, 6) is 1.45. The number of likely N-dealkylation sites (tertiary alicyclic amines) is 1. The van der Waals surface area contributed by atoms with E-state index in [2.05, 4.69) is 46.2 Å². The Balaban J connectivity index is 1.89. The molecular formula is C23H32N6O2. The summed E-state index contributed by atoms with van der Waals surface area (Å²) >= 11 is 0. The first-order valence-electron chi connectivity index (χ1n) is 11.2. The largest absolute Gasteiger partial charge is 0.497 e. The van der Waals surface area contributed by atoms with E-state index in [4.69, 9.17) is 4.74 Å². The van der Waals surface area contributed by atoms with Crippen molar-refractivity contribution in [2.75, 3.05) is 20.2 Å². The number of hydrogen-bond acceptors (Lipinski definition) is 6. The van der Waals surface area contributed by atoms with Gasteiger partial charge in [-0.3, -0.25) is 9.69 Å². The Bertz CT molecular complexity index is 1090. The van der Waals surface area contributed by atoms with Crippen LogP contribution in [0.3, 0.4) is 0 Å². The predicted molar refractivity (Wildman–Crippen MR) is 120 cm³/mol. The number of ether oxygens (including phenoxy) is 1. The molecule has 0 unspecified atom stereocenters. The molecule has 1 atom stereocenters. The maximum absolute atomic E-state index is 13.3. The molecule has 3 aromatic rings. The molecule has 166 valence electrons. The summed E-state index contributed by atoms with van der Waals surface area (Å²) in [6, 6.07) is 7.43. The third kappa shape index (κ3) is 4.21. The van der Waals surface area contributed by atoms with Gasteiger partial charge in [-0.15, -0.1) is 5.10 Å². The minimum Gasteiger partial charge on any atom is -0.497 e. The smallest absolute Gasteiger partial charge is 0.253 e. The van der Waals surface area contributed by atoms with E-state index in [1.165, 1.54) is 12.8 Å². The second-order valence-electron chi connectivity index (χ2n) is 8.97. The minimum absolute atomic E-state index is 0.112. The maximum Gasteiger partial charge on any atom is 0.253 e. The van der Waals surface area contributed by atoms with Gasteiger partial charge in [0.2, 0.25) is 0 Å². The highest BCUT2D eigenvalue weighted by Crippen LogP contribution is 2.32. The Morgan fingerprint density at radius 1 is 1.16 bits per heavy atom. The molecule has 1 aliphatic rings. The number of nitrogens with one attached hydrogen (secondary N) is 1. The second-order valence-corrected chi connectivity index (χ2v) is 8.97. The van der Waals surface area contributed by atoms with Crippen LogP contribution in [0.1, 0.15) is 70.3 Å². The van der Waals surface area contributed by atoms with Gasteiger partial charge in [-0.25, -0.2) is 4.68 Å². The van der Waals surface area contributed by atoms with Crippen LogP contribution in [0.2, 0.25) is 0 Å². The average molecular weight is 425 g/mol. The van der Waals surface area contributed by atoms with Crippen molar-refractivity contribution in [1.82, 2.24) is 30.1 Å². The molecule has 0 bridgehead atoms. The number of hydrogen-bond donors (Lipinski definition) is 1. The van der Waals surface area contributed by atoms with Gasteiger partial charge in [-0.2, -0.15) is 0 Å². The van der Waals surface area contributed by atoms with Crippen LogP contribution in [0, 0.1) is 0 Å². The molecular weight excluding hydrogens is 392 g/mol. The molecule has 8 nitrogen and oxygen atoms in total. The van der Waals surface area contributed by atoms with Crippen LogP contribution < -0.4 is 10.3 Å². The molecule has 0 radical (unpaired) electrons. The number of aromatic nitrogens is 5. The van der Waals surface area contributed by atoms with E-state index < -0.39 is 0 Å². The van der Waals surface area contributed by atoms with Gasteiger partial charge in [0.05, 0.1) is 18.2 Å². The lowest BCUT2D eigenvalue weighted by atomic mass is 9.99. The van der Waals surface area contributed by atoms with E-state index in [1.807, 2.05) is 28.9 Å². The molecule has 1 N–H and O–H groups in total. The molecule has 0 amide bonds. The van der Waals surface area contributed by atoms with E-state index >= 15 is 0 Å². The topological polar surface area (TPSA) is 88.9 Å². The van der Waals surface area contributed by atoms with Crippen LogP contribution >= 0.6 is 0 Å². The van der Waals surface area contributed by atoms with E-state index in [0.717, 1.165) is 49.1 Å². The molecule has 31 heavy (non-hydrogen) atoms. The van der Waals surface area contributed by atoms with Gasteiger partial charge in [0.15, 0.2) is 5.82 Å². The monoisotopic (exact) mass is 424 g/mol. The highest BCUT2D eigenvalue weighted by atomic mass is 16.5. The van der Waals surface area contributed by atoms with Gasteiger partial charge in [-0.05, 0) is 80.2 Å². The summed E-state index contributed by atoms with van der Waals surface area (Å²) in [7, 11) is 1.62. The Morgan fingerprint density at radius 2 is 1.90 bits per heavy atom. The standard InChI is InChI=1S/C23H32N6O2/c1-5-23(2,3)29-21(25-26-27-29)20(28-12-8-6-7-9-13-28)18-14-16-10-11-17(31-4)15-19(16)24-22(18)30/h10-11,14-15,20H,5-9,12-13H2,1-4H3,(H,24,30)/t20-/m1/s1. The van der Waals surface area contributed by atoms with Crippen molar-refractivity contribution >= 4 is 10.9 Å². The Hall–Kier alpha value is -2.74. The SMILES string of the molecule is CCC(C)(C)n1nnnc1[C@@H](c1cc2ccc(OC)cc2[nH]c1=O)N1CCCCCC1. The predicted octanol–water partition coefficient (Wildman–Crippen LogP) is 3.63. The van der Waals surface area contributed by atoms with Gasteiger partial charge < -0.3 is 9.72 Å². The molecule has 4 rings (SSSR count). The average Bonchev–Trinajstić information content (AvgIpc) is 3.11. The molecule has 1 aromatic carbocycles. The number of H-pyrrole nitrogens is 1. The highest BCUT2D eigenvalue weighted by molar-refractivity contribution is 5.80. The van der Waals surface area contributed by atoms with Crippen molar-refractivity contribution in [1.29, 1.82) is 0 Å². The summed E-state index contributed by atoms with van der Waals surface area (Å²) in [5.41, 5.74) is 1.08. The van der Waals surface area contributed by atoms with Gasteiger partial charge in [-0.1, -0.05) is 19.8 Å². The Morgan fingerprint density at radius 3 is 2.58 bits per heavy atom. The second kappa shape index (κ2) is 8.78. The number of fused-ring (bicyclic) bond motifs is 1. The first-order valence-corrected chi connectivity index (χ1v) is 11.2. The zero-order valence-corrected chi connectivity index (χ0v) is 18.9. The fraction of sp³-hybridized carbons (Fsp3) is 0.565. The molecule has 0 aliphatic carbocycles. The first-order chi connectivity index (χ1) is 14.9. The third-order valence-corrected chi connectivity index (χ3v) is 6.56. The Kier molecular flexibility index (Phi) is 6.09. The van der Waals surface area contributed by atoms with Crippen LogP contribution in [0.15, 0.2) is 29.1 Å². The van der Waals surface area contributed by atoms with E-state index in [9.17, 15) is 4.79 Å². The van der Waals surface area contributed by atoms with Crippen molar-refractivity contribution in [3.05, 3.63) is 46.0 Å². The number of pyridine rings is 1. The van der Waals surface area contributed by atoms with Gasteiger partial charge >= 0.3 is 0 Å². The van der Waals surface area contributed by atoms with E-state index in [0.29, 0.717) is 11.3 Å². The number of aromatic amines is 1. The van der Waals surface area contributed by atoms with Gasteiger partial charge in [0.25, 0.3) is 5.56 Å². The number of benzene rings is 1. The Labute approximate surface area is 182 Å². The number of methoxy groups -OCH3 is 1. The molecule has 8 heteroatoms. The lowest BCUT2D eigenvalue weighted by Crippen LogP contribution is -2.38. The molecule has 0 saturated carbocycles. The summed E-state index contributed by atoms with van der Waals surface area (Å²) in [4.78, 5) is 18.8. The van der Waals surface area contributed by atoms with Crippen LogP contribution in [0.4, 0.5) is 0 Å². The summed E-state index contributed by atoms with van der Waals surface area (Å²) in [5, 5.41) is 13.8. The van der Waals surface area contributed by atoms with Crippen molar-refractivity contribution in [2.45, 2.75) is 64.5 Å². The maximum atomic E-state index is 13.3. The van der Waals surface area contributed by atoms with Crippen LogP contribution in [0.5, 0.6) is 5.75 Å². The number of rotatable bonds is 6. The highest BCUT2D eigenvalue weighted by Gasteiger charge is 2.34. The summed E-state index contributed by atoms with van der Waals surface area (Å²) in [6.07, 6.45) is 5.52. The lowest BCUT2D eigenvalue weighted by molar-refractivity contribution is 0.202. The molecule has 1 fully saturated rings. The van der Waals surface area contributed by atoms with Crippen molar-refractivity contribution in [2.24, 2.45) is 0 Å². The van der Waals surface area contributed by atoms with Crippen LogP contribution in [0.25, 0.3) is 10.9 Å². The number of nitrogens with zero attached hydrogens (tertiary/aromatic N) is 5. The normalized spacial score (nSPS) is 16.9. The molecule has 2 aromatic heterocycles. The quantitative estimate of drug-likeness (QED) is 0.650. The zero-order valence-electron chi connectivity index (χ0n) is 18.9. The van der Waals surface area contributed by atoms with E-state index in [-0.39, 0.29) is 17.1 Å². The molecule has 1 aliphatic heterocycles. The molecule has 1 saturated heterocycles. The zero-order chi connectivity index (χ0) is 22.0.